The number of aromatic hydroxyl groups is 1. The molecule has 1 aliphatic heterocycles. The highest BCUT2D eigenvalue weighted by molar-refractivity contribution is 5.85. The van der Waals surface area contributed by atoms with Crippen molar-refractivity contribution < 1.29 is 32.3 Å². The Morgan fingerprint density at radius 2 is 1.86 bits per heavy atom. The van der Waals surface area contributed by atoms with Gasteiger partial charge in [-0.2, -0.15) is 13.2 Å². The molecule has 2 heterocycles. The summed E-state index contributed by atoms with van der Waals surface area (Å²) >= 11 is 0. The molecule has 3 aromatic carbocycles. The van der Waals surface area contributed by atoms with Gasteiger partial charge in [0.1, 0.15) is 18.0 Å². The molecule has 4 aromatic rings. The summed E-state index contributed by atoms with van der Waals surface area (Å²) in [6.45, 7) is 3.16. The molecule has 5 nitrogen and oxygen atoms in total. The zero-order valence-corrected chi connectivity index (χ0v) is 19.1. The van der Waals surface area contributed by atoms with Crippen molar-refractivity contribution in [2.75, 3.05) is 6.54 Å². The number of benzene rings is 3. The summed E-state index contributed by atoms with van der Waals surface area (Å²) in [7, 11) is 0. The van der Waals surface area contributed by atoms with E-state index in [0.717, 1.165) is 41.5 Å². The minimum atomic E-state index is -4.98. The summed E-state index contributed by atoms with van der Waals surface area (Å²) in [6.07, 6.45) is -1.91. The Morgan fingerprint density at radius 3 is 2.60 bits per heavy atom. The van der Waals surface area contributed by atoms with Crippen LogP contribution in [-0.2, 0) is 12.7 Å². The van der Waals surface area contributed by atoms with Crippen LogP contribution in [0.4, 0.5) is 13.2 Å². The van der Waals surface area contributed by atoms with Gasteiger partial charge in [0.05, 0.1) is 23.5 Å². The second kappa shape index (κ2) is 8.92. The van der Waals surface area contributed by atoms with Crippen molar-refractivity contribution in [1.82, 2.24) is 0 Å². The number of hydrogen-bond donors (Lipinski definition) is 2. The fourth-order valence-electron chi connectivity index (χ4n) is 4.83. The number of piperidine rings is 1. The van der Waals surface area contributed by atoms with E-state index in [9.17, 15) is 23.1 Å². The number of halogens is 3. The molecule has 0 spiro atoms. The van der Waals surface area contributed by atoms with Gasteiger partial charge < -0.3 is 19.2 Å². The van der Waals surface area contributed by atoms with E-state index in [1.54, 1.807) is 24.3 Å². The molecular formula is C27H25F3NO4+. The number of quaternary nitrogens is 1. The number of rotatable bonds is 4. The molecule has 2 atom stereocenters. The highest BCUT2D eigenvalue weighted by atomic mass is 19.4. The Bertz CT molecular complexity index is 1460. The lowest BCUT2D eigenvalue weighted by atomic mass is 10.0. The van der Waals surface area contributed by atoms with Gasteiger partial charge in [-0.1, -0.05) is 30.3 Å². The lowest BCUT2D eigenvalue weighted by Gasteiger charge is -2.30. The normalized spacial score (nSPS) is 18.7. The highest BCUT2D eigenvalue weighted by Crippen LogP contribution is 2.40. The zero-order chi connectivity index (χ0) is 24.7. The fraction of sp³-hybridized carbons (Fsp3) is 0.296. The smallest absolute Gasteiger partial charge is 0.453 e. The molecule has 5 rings (SSSR count). The fourth-order valence-corrected chi connectivity index (χ4v) is 4.83. The summed E-state index contributed by atoms with van der Waals surface area (Å²) < 4.78 is 53.1. The summed E-state index contributed by atoms with van der Waals surface area (Å²) in [5.41, 5.74) is -0.987. The van der Waals surface area contributed by atoms with Gasteiger partial charge in [-0.25, -0.2) is 0 Å². The van der Waals surface area contributed by atoms with Crippen molar-refractivity contribution in [3.8, 4) is 17.2 Å². The molecule has 1 fully saturated rings. The Hall–Kier alpha value is -3.52. The van der Waals surface area contributed by atoms with E-state index < -0.39 is 23.1 Å². The molecule has 0 bridgehead atoms. The SMILES string of the molecule is C[C@H]1CCCC[NH+]1Cc1c(O)ccc2c(=O)c(Oc3ccc4ccccc4c3)c(C(F)(F)F)oc12. The number of hydrogen-bond acceptors (Lipinski definition) is 4. The van der Waals surface area contributed by atoms with Gasteiger partial charge in [-0.15, -0.1) is 0 Å². The average molecular weight is 484 g/mol. The third-order valence-corrected chi connectivity index (χ3v) is 6.78. The van der Waals surface area contributed by atoms with E-state index in [0.29, 0.717) is 0 Å². The van der Waals surface area contributed by atoms with Crippen LogP contribution >= 0.6 is 0 Å². The zero-order valence-electron chi connectivity index (χ0n) is 19.1. The molecule has 0 amide bonds. The summed E-state index contributed by atoms with van der Waals surface area (Å²) in [4.78, 5) is 14.4. The molecule has 182 valence electrons. The number of ether oxygens (including phenoxy) is 1. The number of alkyl halides is 3. The van der Waals surface area contributed by atoms with Crippen molar-refractivity contribution in [3.05, 3.63) is 76.1 Å². The number of phenolic OH excluding ortho intramolecular Hbond substituents is 1. The third-order valence-electron chi connectivity index (χ3n) is 6.78. The largest absolute Gasteiger partial charge is 0.507 e. The predicted molar refractivity (Wildman–Crippen MR) is 126 cm³/mol. The highest BCUT2D eigenvalue weighted by Gasteiger charge is 2.41. The van der Waals surface area contributed by atoms with Crippen LogP contribution in [0.3, 0.4) is 0 Å². The minimum absolute atomic E-state index is 0.0642. The maximum absolute atomic E-state index is 14.1. The molecule has 0 aliphatic carbocycles. The van der Waals surface area contributed by atoms with Crippen molar-refractivity contribution in [3.63, 3.8) is 0 Å². The summed E-state index contributed by atoms with van der Waals surface area (Å²) in [5.74, 6) is -2.54. The second-order valence-electron chi connectivity index (χ2n) is 9.12. The Balaban J connectivity index is 1.65. The number of fused-ring (bicyclic) bond motifs is 2. The van der Waals surface area contributed by atoms with Crippen LogP contribution in [0, 0.1) is 0 Å². The van der Waals surface area contributed by atoms with E-state index in [2.05, 4.69) is 6.92 Å². The van der Waals surface area contributed by atoms with Gasteiger partial charge in [0.2, 0.25) is 11.2 Å². The maximum Gasteiger partial charge on any atom is 0.453 e. The van der Waals surface area contributed by atoms with Crippen molar-refractivity contribution in [2.45, 2.75) is 44.9 Å². The van der Waals surface area contributed by atoms with Crippen LogP contribution in [0.5, 0.6) is 17.2 Å². The number of likely N-dealkylation sites (tertiary alicyclic amines) is 1. The topological polar surface area (TPSA) is 64.1 Å². The second-order valence-corrected chi connectivity index (χ2v) is 9.12. The molecule has 1 unspecified atom stereocenters. The quantitative estimate of drug-likeness (QED) is 0.406. The lowest BCUT2D eigenvalue weighted by Crippen LogP contribution is -3.14. The Morgan fingerprint density at radius 1 is 1.09 bits per heavy atom. The lowest BCUT2D eigenvalue weighted by molar-refractivity contribution is -0.941. The van der Waals surface area contributed by atoms with Gasteiger partial charge in [0.15, 0.2) is 5.58 Å². The van der Waals surface area contributed by atoms with E-state index in [1.807, 2.05) is 12.1 Å². The van der Waals surface area contributed by atoms with E-state index in [4.69, 9.17) is 9.15 Å². The monoisotopic (exact) mass is 484 g/mol. The van der Waals surface area contributed by atoms with Crippen LogP contribution in [0.2, 0.25) is 0 Å². The van der Waals surface area contributed by atoms with Crippen LogP contribution in [-0.4, -0.2) is 17.7 Å². The van der Waals surface area contributed by atoms with E-state index in [1.165, 1.54) is 18.2 Å². The molecule has 2 N–H and O–H groups in total. The first-order chi connectivity index (χ1) is 16.7. The van der Waals surface area contributed by atoms with Gasteiger partial charge in [-0.3, -0.25) is 4.79 Å². The van der Waals surface area contributed by atoms with Gasteiger partial charge in [0.25, 0.3) is 5.76 Å². The Labute approximate surface area is 199 Å². The molecule has 1 aliphatic rings. The van der Waals surface area contributed by atoms with Crippen LogP contribution < -0.4 is 15.1 Å². The van der Waals surface area contributed by atoms with Crippen LogP contribution in [0.1, 0.15) is 37.5 Å². The van der Waals surface area contributed by atoms with Gasteiger partial charge in [0, 0.05) is 0 Å². The van der Waals surface area contributed by atoms with Crippen LogP contribution in [0.15, 0.2) is 63.8 Å². The summed E-state index contributed by atoms with van der Waals surface area (Å²) in [6, 6.07) is 15.0. The molecule has 0 radical (unpaired) electrons. The summed E-state index contributed by atoms with van der Waals surface area (Å²) in [5, 5.41) is 12.1. The third kappa shape index (κ3) is 4.46. The van der Waals surface area contributed by atoms with E-state index >= 15 is 0 Å². The standard InChI is InChI=1S/C27H24F3NO4/c1-16-6-4-5-13-31(16)15-21-22(32)12-11-20-23(33)25(26(27(28,29)30)35-24(20)21)34-19-10-9-17-7-2-3-8-18(17)14-19/h2-3,7-12,14,16,32H,4-6,13,15H2,1H3/p+1/t16-/m0/s1. The van der Waals surface area contributed by atoms with Crippen molar-refractivity contribution >= 4 is 21.7 Å². The first-order valence-electron chi connectivity index (χ1n) is 11.6. The molecule has 1 saturated heterocycles. The first-order valence-corrected chi connectivity index (χ1v) is 11.6. The first kappa shape index (κ1) is 23.2. The van der Waals surface area contributed by atoms with Crippen LogP contribution in [0.25, 0.3) is 21.7 Å². The molecule has 35 heavy (non-hydrogen) atoms. The van der Waals surface area contributed by atoms with Gasteiger partial charge in [-0.05, 0) is 61.2 Å². The van der Waals surface area contributed by atoms with Crippen molar-refractivity contribution in [2.24, 2.45) is 0 Å². The van der Waals surface area contributed by atoms with E-state index in [-0.39, 0.29) is 40.6 Å². The predicted octanol–water partition coefficient (Wildman–Crippen LogP) is 5.42. The molecule has 8 heteroatoms. The molecule has 1 aromatic heterocycles. The number of nitrogens with one attached hydrogen (secondary N) is 1. The molecular weight excluding hydrogens is 459 g/mol. The average Bonchev–Trinajstić information content (AvgIpc) is 2.83. The van der Waals surface area contributed by atoms with Crippen molar-refractivity contribution in [1.29, 1.82) is 0 Å². The minimum Gasteiger partial charge on any atom is -0.507 e. The maximum atomic E-state index is 14.1. The molecule has 0 saturated carbocycles. The van der Waals surface area contributed by atoms with Gasteiger partial charge >= 0.3 is 6.18 Å². The Kier molecular flexibility index (Phi) is 5.92. The number of phenols is 1.